The number of allylic oxidation sites excluding steroid dienone is 2. The second-order valence-electron chi connectivity index (χ2n) is 7.87. The number of ketones is 1. The number of hydrogen-bond donors (Lipinski definition) is 1. The van der Waals surface area contributed by atoms with Gasteiger partial charge in [0.05, 0.1) is 18.7 Å². The van der Waals surface area contributed by atoms with Crippen molar-refractivity contribution in [3.8, 4) is 22.9 Å². The van der Waals surface area contributed by atoms with E-state index < -0.39 is 6.04 Å². The summed E-state index contributed by atoms with van der Waals surface area (Å²) < 4.78 is 13.0. The molecule has 170 valence electrons. The number of methoxy groups -OCH3 is 1. The highest BCUT2D eigenvalue weighted by atomic mass is 35.5. The highest BCUT2D eigenvalue weighted by molar-refractivity contribution is 6.36. The Labute approximate surface area is 201 Å². The predicted molar refractivity (Wildman–Crippen MR) is 127 cm³/mol. The summed E-state index contributed by atoms with van der Waals surface area (Å²) in [5, 5.41) is 9.09. The Balaban J connectivity index is 1.67. The van der Waals surface area contributed by atoms with Gasteiger partial charge in [-0.25, -0.2) is 4.68 Å². The highest BCUT2D eigenvalue weighted by Gasteiger charge is 2.37. The van der Waals surface area contributed by atoms with Gasteiger partial charge in [-0.2, -0.15) is 4.98 Å². The number of benzene rings is 2. The molecule has 1 N–H and O–H groups in total. The number of Topliss-reactive ketones (excluding diaryl/α,β-unsaturated/α-hetero) is 1. The van der Waals surface area contributed by atoms with Crippen LogP contribution in [-0.2, 0) is 4.79 Å². The molecule has 0 radical (unpaired) electrons. The number of carbonyl (C=O) groups excluding carboxylic acids is 1. The van der Waals surface area contributed by atoms with E-state index in [2.05, 4.69) is 5.32 Å². The van der Waals surface area contributed by atoms with E-state index in [1.807, 2.05) is 25.1 Å². The summed E-state index contributed by atoms with van der Waals surface area (Å²) in [6.45, 7) is 2.44. The monoisotopic (exact) mass is 484 g/mol. The third-order valence-corrected chi connectivity index (χ3v) is 6.39. The van der Waals surface area contributed by atoms with Crippen LogP contribution in [0.5, 0.6) is 11.5 Å². The quantitative estimate of drug-likeness (QED) is 0.501. The number of halogens is 2. The Morgan fingerprint density at radius 3 is 2.76 bits per heavy atom. The van der Waals surface area contributed by atoms with Crippen molar-refractivity contribution in [3.05, 3.63) is 63.3 Å². The molecule has 0 fully saturated rings. The van der Waals surface area contributed by atoms with Gasteiger partial charge in [0.1, 0.15) is 6.04 Å². The third-order valence-electron chi connectivity index (χ3n) is 5.84. The topological polar surface area (TPSA) is 78.3 Å². The summed E-state index contributed by atoms with van der Waals surface area (Å²) in [7, 11) is 1.60. The Morgan fingerprint density at radius 1 is 1.15 bits per heavy atom. The van der Waals surface area contributed by atoms with Crippen LogP contribution >= 0.6 is 23.2 Å². The lowest BCUT2D eigenvalue weighted by Crippen LogP contribution is -2.31. The molecule has 1 aliphatic heterocycles. The van der Waals surface area contributed by atoms with E-state index in [4.69, 9.17) is 42.8 Å². The van der Waals surface area contributed by atoms with Crippen LogP contribution in [0.3, 0.4) is 0 Å². The first-order valence-corrected chi connectivity index (χ1v) is 11.5. The van der Waals surface area contributed by atoms with Gasteiger partial charge in [0, 0.05) is 28.3 Å². The van der Waals surface area contributed by atoms with E-state index in [1.54, 1.807) is 30.0 Å². The van der Waals surface area contributed by atoms with Crippen molar-refractivity contribution in [1.29, 1.82) is 0 Å². The first kappa shape index (κ1) is 21.8. The molecule has 0 amide bonds. The molecule has 2 aromatic carbocycles. The molecular weight excluding hydrogens is 463 g/mol. The minimum absolute atomic E-state index is 0.105. The van der Waals surface area contributed by atoms with E-state index in [9.17, 15) is 4.79 Å². The van der Waals surface area contributed by atoms with Gasteiger partial charge in [-0.1, -0.05) is 29.3 Å². The summed E-state index contributed by atoms with van der Waals surface area (Å²) in [6, 6.07) is 10.5. The summed E-state index contributed by atoms with van der Waals surface area (Å²) >= 11 is 12.5. The van der Waals surface area contributed by atoms with Crippen LogP contribution in [0.25, 0.3) is 11.4 Å². The number of ether oxygens (including phenoxy) is 2. The van der Waals surface area contributed by atoms with Gasteiger partial charge < -0.3 is 14.8 Å². The zero-order valence-electron chi connectivity index (χ0n) is 18.2. The number of anilines is 1. The number of aromatic nitrogens is 3. The molecule has 1 aromatic heterocycles. The Hall–Kier alpha value is -3.03. The maximum absolute atomic E-state index is 13.1. The summed E-state index contributed by atoms with van der Waals surface area (Å²) in [4.78, 5) is 17.8. The van der Waals surface area contributed by atoms with Gasteiger partial charge in [-0.05, 0) is 55.7 Å². The van der Waals surface area contributed by atoms with Crippen molar-refractivity contribution >= 4 is 34.9 Å². The van der Waals surface area contributed by atoms with Crippen molar-refractivity contribution in [3.63, 3.8) is 0 Å². The Morgan fingerprint density at radius 2 is 2.00 bits per heavy atom. The number of nitrogens with zero attached hydrogens (tertiary/aromatic N) is 3. The lowest BCUT2D eigenvalue weighted by Gasteiger charge is -2.32. The number of carbonyl (C=O) groups is 1. The molecule has 7 nitrogen and oxygen atoms in total. The van der Waals surface area contributed by atoms with Crippen LogP contribution in [0, 0.1) is 0 Å². The number of rotatable bonds is 5. The van der Waals surface area contributed by atoms with Crippen LogP contribution in [0.4, 0.5) is 5.95 Å². The third kappa shape index (κ3) is 3.85. The minimum Gasteiger partial charge on any atom is -0.493 e. The van der Waals surface area contributed by atoms with Crippen molar-refractivity contribution in [2.75, 3.05) is 19.0 Å². The molecule has 1 atom stereocenters. The standard InChI is InChI=1S/C24H22Cl2N4O3/c1-3-33-19-10-7-13(11-20(19)32-2)22-21-17(5-4-6-18(21)31)27-24-28-23(29-30(22)24)15-9-8-14(25)12-16(15)26/h7-12,22H,3-6H2,1-2H3,(H,27,28,29). The van der Waals surface area contributed by atoms with E-state index >= 15 is 0 Å². The molecule has 1 aliphatic carbocycles. The zero-order valence-corrected chi connectivity index (χ0v) is 19.7. The first-order valence-electron chi connectivity index (χ1n) is 10.8. The zero-order chi connectivity index (χ0) is 23.1. The predicted octanol–water partition coefficient (Wildman–Crippen LogP) is 5.68. The van der Waals surface area contributed by atoms with Crippen LogP contribution < -0.4 is 14.8 Å². The van der Waals surface area contributed by atoms with Gasteiger partial charge in [0.2, 0.25) is 5.95 Å². The molecule has 5 rings (SSSR count). The van der Waals surface area contributed by atoms with E-state index in [0.29, 0.717) is 57.5 Å². The maximum atomic E-state index is 13.1. The second-order valence-corrected chi connectivity index (χ2v) is 8.71. The summed E-state index contributed by atoms with van der Waals surface area (Å²) in [6.07, 6.45) is 2.08. The number of hydrogen-bond acceptors (Lipinski definition) is 6. The molecular formula is C24H22Cl2N4O3. The Bertz CT molecular complexity index is 1280. The maximum Gasteiger partial charge on any atom is 0.226 e. The molecule has 1 unspecified atom stereocenters. The van der Waals surface area contributed by atoms with Crippen LogP contribution in [0.2, 0.25) is 10.0 Å². The fraction of sp³-hybridized carbons (Fsp3) is 0.292. The van der Waals surface area contributed by atoms with E-state index in [1.165, 1.54) is 0 Å². The van der Waals surface area contributed by atoms with Gasteiger partial charge in [0.15, 0.2) is 23.1 Å². The highest BCUT2D eigenvalue weighted by Crippen LogP contribution is 2.43. The van der Waals surface area contributed by atoms with Crippen LogP contribution in [0.1, 0.15) is 37.8 Å². The SMILES string of the molecule is CCOc1ccc(C2C3=C(CCCC3=O)Nc3nc(-c4ccc(Cl)cc4Cl)nn32)cc1OC. The van der Waals surface area contributed by atoms with Crippen molar-refractivity contribution < 1.29 is 14.3 Å². The van der Waals surface area contributed by atoms with Gasteiger partial charge >= 0.3 is 0 Å². The summed E-state index contributed by atoms with van der Waals surface area (Å²) in [5.41, 5.74) is 3.12. The molecule has 9 heteroatoms. The van der Waals surface area contributed by atoms with Crippen molar-refractivity contribution in [2.45, 2.75) is 32.2 Å². The van der Waals surface area contributed by atoms with E-state index in [-0.39, 0.29) is 5.78 Å². The Kier molecular flexibility index (Phi) is 5.76. The molecule has 0 saturated heterocycles. The van der Waals surface area contributed by atoms with Gasteiger partial charge in [0.25, 0.3) is 0 Å². The molecule has 0 bridgehead atoms. The molecule has 33 heavy (non-hydrogen) atoms. The average Bonchev–Trinajstić information content (AvgIpc) is 3.21. The van der Waals surface area contributed by atoms with Crippen LogP contribution in [-0.4, -0.2) is 34.3 Å². The minimum atomic E-state index is -0.444. The summed E-state index contributed by atoms with van der Waals surface area (Å²) in [5.74, 6) is 2.36. The smallest absolute Gasteiger partial charge is 0.226 e. The lowest BCUT2D eigenvalue weighted by atomic mass is 9.85. The average molecular weight is 485 g/mol. The normalized spacial score (nSPS) is 17.3. The van der Waals surface area contributed by atoms with E-state index in [0.717, 1.165) is 24.1 Å². The molecule has 0 saturated carbocycles. The fourth-order valence-corrected chi connectivity index (χ4v) is 4.87. The molecule has 2 aliphatic rings. The molecule has 0 spiro atoms. The second kappa shape index (κ2) is 8.72. The number of nitrogens with one attached hydrogen (secondary N) is 1. The lowest BCUT2D eigenvalue weighted by molar-refractivity contribution is -0.116. The molecule has 3 aromatic rings. The van der Waals surface area contributed by atoms with Crippen molar-refractivity contribution in [1.82, 2.24) is 14.8 Å². The number of fused-ring (bicyclic) bond motifs is 1. The molecule has 2 heterocycles. The van der Waals surface area contributed by atoms with Gasteiger partial charge in [-0.15, -0.1) is 5.10 Å². The fourth-order valence-electron chi connectivity index (χ4n) is 4.38. The van der Waals surface area contributed by atoms with Gasteiger partial charge in [-0.3, -0.25) is 4.79 Å². The van der Waals surface area contributed by atoms with Crippen molar-refractivity contribution in [2.24, 2.45) is 0 Å². The first-order chi connectivity index (χ1) is 16.0. The largest absolute Gasteiger partial charge is 0.493 e. The van der Waals surface area contributed by atoms with Crippen LogP contribution in [0.15, 0.2) is 47.7 Å².